The molecule has 2 saturated heterocycles. The second-order valence-corrected chi connectivity index (χ2v) is 6.95. The van der Waals surface area contributed by atoms with Gasteiger partial charge in [-0.25, -0.2) is 0 Å². The van der Waals surface area contributed by atoms with E-state index in [0.29, 0.717) is 13.1 Å². The third kappa shape index (κ3) is 5.01. The van der Waals surface area contributed by atoms with E-state index in [-0.39, 0.29) is 18.2 Å². The number of piperazine rings is 1. The van der Waals surface area contributed by atoms with Crippen LogP contribution in [0.3, 0.4) is 0 Å². The summed E-state index contributed by atoms with van der Waals surface area (Å²) in [5, 5.41) is 2.91. The van der Waals surface area contributed by atoms with Crippen molar-refractivity contribution in [2.75, 3.05) is 26.2 Å². The number of carbonyl (C=O) groups excluding carboxylic acids is 2. The van der Waals surface area contributed by atoms with Crippen LogP contribution >= 0.6 is 0 Å². The summed E-state index contributed by atoms with van der Waals surface area (Å²) in [4.78, 5) is 33.6. The van der Waals surface area contributed by atoms with Gasteiger partial charge in [-0.3, -0.25) is 19.5 Å². The van der Waals surface area contributed by atoms with Gasteiger partial charge in [0.2, 0.25) is 11.8 Å². The molecule has 2 amide bonds. The minimum atomic E-state index is -0.395. The Morgan fingerprint density at radius 1 is 1.12 bits per heavy atom. The average molecular weight is 344 g/mol. The molecule has 25 heavy (non-hydrogen) atoms. The van der Waals surface area contributed by atoms with Crippen LogP contribution in [-0.2, 0) is 16.1 Å². The first-order valence-corrected chi connectivity index (χ1v) is 9.43. The van der Waals surface area contributed by atoms with Gasteiger partial charge in [-0.15, -0.1) is 0 Å². The lowest BCUT2D eigenvalue weighted by Gasteiger charge is -2.35. The van der Waals surface area contributed by atoms with Crippen molar-refractivity contribution in [3.8, 4) is 0 Å². The highest BCUT2D eigenvalue weighted by Gasteiger charge is 2.33. The van der Waals surface area contributed by atoms with Crippen molar-refractivity contribution in [3.63, 3.8) is 0 Å². The number of hydrogen-bond donors (Lipinski definition) is 1. The smallest absolute Gasteiger partial charge is 0.237 e. The number of amides is 2. The Kier molecular flexibility index (Phi) is 6.39. The number of aromatic nitrogens is 1. The molecule has 0 radical (unpaired) electrons. The Bertz CT molecular complexity index is 570. The number of nitrogens with zero attached hydrogens (tertiary/aromatic N) is 3. The van der Waals surface area contributed by atoms with Gasteiger partial charge in [0, 0.05) is 38.9 Å². The minimum Gasteiger partial charge on any atom is -0.353 e. The first-order chi connectivity index (χ1) is 12.2. The molecular weight excluding hydrogens is 316 g/mol. The maximum absolute atomic E-state index is 12.8. The van der Waals surface area contributed by atoms with E-state index in [9.17, 15) is 9.59 Å². The van der Waals surface area contributed by atoms with Crippen LogP contribution in [0.25, 0.3) is 0 Å². The third-order valence-electron chi connectivity index (χ3n) is 5.11. The summed E-state index contributed by atoms with van der Waals surface area (Å²) >= 11 is 0. The molecule has 6 heteroatoms. The first-order valence-electron chi connectivity index (χ1n) is 9.43. The van der Waals surface area contributed by atoms with Crippen LogP contribution in [0.1, 0.15) is 44.2 Å². The van der Waals surface area contributed by atoms with E-state index in [1.807, 2.05) is 23.1 Å². The van der Waals surface area contributed by atoms with Gasteiger partial charge in [0.15, 0.2) is 0 Å². The molecule has 1 aromatic rings. The molecule has 3 heterocycles. The topological polar surface area (TPSA) is 65.5 Å². The number of carbonyl (C=O) groups is 2. The van der Waals surface area contributed by atoms with Gasteiger partial charge >= 0.3 is 0 Å². The number of pyridine rings is 1. The molecule has 0 bridgehead atoms. The van der Waals surface area contributed by atoms with Crippen molar-refractivity contribution in [1.29, 1.82) is 0 Å². The van der Waals surface area contributed by atoms with Crippen molar-refractivity contribution in [3.05, 3.63) is 30.1 Å². The van der Waals surface area contributed by atoms with E-state index in [2.05, 4.69) is 15.2 Å². The highest BCUT2D eigenvalue weighted by molar-refractivity contribution is 5.88. The van der Waals surface area contributed by atoms with Crippen LogP contribution in [0, 0.1) is 0 Å². The second-order valence-electron chi connectivity index (χ2n) is 6.95. The maximum Gasteiger partial charge on any atom is 0.237 e. The van der Waals surface area contributed by atoms with E-state index >= 15 is 0 Å². The minimum absolute atomic E-state index is 0.0393. The van der Waals surface area contributed by atoms with E-state index in [1.165, 1.54) is 19.3 Å². The molecule has 1 unspecified atom stereocenters. The average Bonchev–Trinajstić information content (AvgIpc) is 2.58. The molecule has 2 aliphatic heterocycles. The summed E-state index contributed by atoms with van der Waals surface area (Å²) in [6.07, 6.45) is 7.82. The van der Waals surface area contributed by atoms with Crippen LogP contribution in [0.4, 0.5) is 0 Å². The SMILES string of the molecule is O=C1NCCN(Cc2ccccn2)C1CC(=O)N1CCCCCCC1. The summed E-state index contributed by atoms with van der Waals surface area (Å²) in [6.45, 7) is 3.63. The molecule has 6 nitrogen and oxygen atoms in total. The zero-order valence-corrected chi connectivity index (χ0v) is 14.8. The predicted octanol–water partition coefficient (Wildman–Crippen LogP) is 1.56. The molecule has 0 spiro atoms. The zero-order valence-electron chi connectivity index (χ0n) is 14.8. The van der Waals surface area contributed by atoms with Gasteiger partial charge in [0.05, 0.1) is 18.2 Å². The number of hydrogen-bond acceptors (Lipinski definition) is 4. The lowest BCUT2D eigenvalue weighted by molar-refractivity contribution is -0.139. The van der Waals surface area contributed by atoms with E-state index in [1.54, 1.807) is 6.20 Å². The quantitative estimate of drug-likeness (QED) is 0.900. The number of rotatable bonds is 4. The van der Waals surface area contributed by atoms with Crippen molar-refractivity contribution >= 4 is 11.8 Å². The van der Waals surface area contributed by atoms with Crippen molar-refractivity contribution in [2.45, 2.75) is 51.1 Å². The fourth-order valence-corrected chi connectivity index (χ4v) is 3.66. The Hall–Kier alpha value is -1.95. The summed E-state index contributed by atoms with van der Waals surface area (Å²) in [7, 11) is 0. The van der Waals surface area contributed by atoms with Crippen molar-refractivity contribution in [1.82, 2.24) is 20.1 Å². The summed E-state index contributed by atoms with van der Waals surface area (Å²) in [5.74, 6) is 0.0672. The molecule has 3 rings (SSSR count). The molecule has 136 valence electrons. The van der Waals surface area contributed by atoms with Gasteiger partial charge in [0.1, 0.15) is 0 Å². The fourth-order valence-electron chi connectivity index (χ4n) is 3.66. The van der Waals surface area contributed by atoms with Gasteiger partial charge in [0.25, 0.3) is 0 Å². The molecule has 1 aromatic heterocycles. The molecule has 2 fully saturated rings. The molecule has 0 saturated carbocycles. The van der Waals surface area contributed by atoms with Crippen molar-refractivity contribution in [2.24, 2.45) is 0 Å². The Morgan fingerprint density at radius 3 is 2.60 bits per heavy atom. The van der Waals surface area contributed by atoms with E-state index < -0.39 is 6.04 Å². The molecule has 0 aromatic carbocycles. The monoisotopic (exact) mass is 344 g/mol. The Balaban J connectivity index is 1.63. The predicted molar refractivity (Wildman–Crippen MR) is 95.7 cm³/mol. The van der Waals surface area contributed by atoms with Crippen LogP contribution in [0.5, 0.6) is 0 Å². The molecule has 2 aliphatic rings. The Morgan fingerprint density at radius 2 is 1.88 bits per heavy atom. The summed E-state index contributed by atoms with van der Waals surface area (Å²) in [6, 6.07) is 5.40. The number of nitrogens with one attached hydrogen (secondary N) is 1. The van der Waals surface area contributed by atoms with Crippen LogP contribution in [0.15, 0.2) is 24.4 Å². The highest BCUT2D eigenvalue weighted by atomic mass is 16.2. The van der Waals surface area contributed by atoms with Crippen molar-refractivity contribution < 1.29 is 9.59 Å². The van der Waals surface area contributed by atoms with Crippen LogP contribution in [-0.4, -0.2) is 58.8 Å². The fraction of sp³-hybridized carbons (Fsp3) is 0.632. The standard InChI is InChI=1S/C19H28N4O2/c24-18(22-11-6-2-1-3-7-12-22)14-17-19(25)21-10-13-23(17)15-16-8-4-5-9-20-16/h4-5,8-9,17H,1-3,6-7,10-15H2,(H,21,25). The van der Waals surface area contributed by atoms with Crippen LogP contribution in [0.2, 0.25) is 0 Å². The molecule has 1 atom stereocenters. The number of likely N-dealkylation sites (tertiary alicyclic amines) is 1. The largest absolute Gasteiger partial charge is 0.353 e. The second kappa shape index (κ2) is 8.94. The lowest BCUT2D eigenvalue weighted by Crippen LogP contribution is -2.56. The zero-order chi connectivity index (χ0) is 17.5. The lowest BCUT2D eigenvalue weighted by atomic mass is 10.0. The van der Waals surface area contributed by atoms with Gasteiger partial charge < -0.3 is 10.2 Å². The van der Waals surface area contributed by atoms with E-state index in [4.69, 9.17) is 0 Å². The first kappa shape index (κ1) is 17.9. The molecule has 0 aliphatic carbocycles. The van der Waals surface area contributed by atoms with Gasteiger partial charge in [-0.05, 0) is 25.0 Å². The normalized spacial score (nSPS) is 22.8. The third-order valence-corrected chi connectivity index (χ3v) is 5.11. The van der Waals surface area contributed by atoms with Gasteiger partial charge in [-0.2, -0.15) is 0 Å². The van der Waals surface area contributed by atoms with Crippen LogP contribution < -0.4 is 5.32 Å². The highest BCUT2D eigenvalue weighted by Crippen LogP contribution is 2.16. The Labute approximate surface area is 149 Å². The van der Waals surface area contributed by atoms with Gasteiger partial charge in [-0.1, -0.05) is 25.3 Å². The summed E-state index contributed by atoms with van der Waals surface area (Å²) in [5.41, 5.74) is 0.931. The molecular formula is C19H28N4O2. The summed E-state index contributed by atoms with van der Waals surface area (Å²) < 4.78 is 0. The molecule has 1 N–H and O–H groups in total. The van der Waals surface area contributed by atoms with E-state index in [0.717, 1.165) is 38.2 Å². The maximum atomic E-state index is 12.8.